The van der Waals surface area contributed by atoms with Gasteiger partial charge in [-0.05, 0) is 58.1 Å². The average molecular weight is 506 g/mol. The van der Waals surface area contributed by atoms with Gasteiger partial charge in [-0.15, -0.1) is 0 Å². The summed E-state index contributed by atoms with van der Waals surface area (Å²) in [5, 5.41) is 3.22. The molecule has 7 aromatic rings. The molecule has 7 rings (SSSR count). The van der Waals surface area contributed by atoms with Gasteiger partial charge < -0.3 is 4.57 Å². The Morgan fingerprint density at radius 3 is 1.76 bits per heavy atom. The summed E-state index contributed by atoms with van der Waals surface area (Å²) in [6, 6.07) is 51.5. The highest BCUT2D eigenvalue weighted by Gasteiger charge is 2.20. The maximum absolute atomic E-state index is 6.23. The third-order valence-corrected chi connectivity index (χ3v) is 7.54. The molecule has 180 valence electrons. The number of halogens is 1. The second-order valence-electron chi connectivity index (χ2n) is 9.49. The molecule has 0 bridgehead atoms. The van der Waals surface area contributed by atoms with Gasteiger partial charge in [-0.2, -0.15) is 0 Å². The Morgan fingerprint density at radius 2 is 1.00 bits per heavy atom. The van der Waals surface area contributed by atoms with Crippen molar-refractivity contribution in [3.8, 4) is 39.1 Å². The standard InChI is InChI=1S/C36H24ClN/c37-28-23-21-26(22-24-28)30-17-10-20-34-36(30)31-15-7-8-18-32(31)38(34)33-19-9-16-29(25-11-3-1-4-12-25)35(33)27-13-5-2-6-14-27/h1-24H. The van der Waals surface area contributed by atoms with E-state index in [0.717, 1.165) is 16.3 Å². The van der Waals surface area contributed by atoms with E-state index in [1.54, 1.807) is 0 Å². The number of aromatic nitrogens is 1. The minimum atomic E-state index is 0.744. The molecule has 0 spiro atoms. The molecule has 1 heterocycles. The Balaban J connectivity index is 1.61. The van der Waals surface area contributed by atoms with E-state index in [2.05, 4.69) is 138 Å². The fourth-order valence-electron chi connectivity index (χ4n) is 5.64. The van der Waals surface area contributed by atoms with Crippen molar-refractivity contribution in [2.45, 2.75) is 0 Å². The topological polar surface area (TPSA) is 4.93 Å². The molecule has 0 saturated heterocycles. The minimum Gasteiger partial charge on any atom is -0.309 e. The van der Waals surface area contributed by atoms with E-state index >= 15 is 0 Å². The van der Waals surface area contributed by atoms with E-state index in [1.165, 1.54) is 49.6 Å². The molecule has 0 atom stereocenters. The second kappa shape index (κ2) is 9.37. The summed E-state index contributed by atoms with van der Waals surface area (Å²) in [4.78, 5) is 0. The van der Waals surface area contributed by atoms with E-state index in [0.29, 0.717) is 0 Å². The minimum absolute atomic E-state index is 0.744. The van der Waals surface area contributed by atoms with Crippen molar-refractivity contribution >= 4 is 33.4 Å². The van der Waals surface area contributed by atoms with Crippen molar-refractivity contribution < 1.29 is 0 Å². The summed E-state index contributed by atoms with van der Waals surface area (Å²) in [7, 11) is 0. The van der Waals surface area contributed by atoms with E-state index < -0.39 is 0 Å². The zero-order valence-corrected chi connectivity index (χ0v) is 21.4. The summed E-state index contributed by atoms with van der Waals surface area (Å²) in [6.45, 7) is 0. The molecule has 38 heavy (non-hydrogen) atoms. The number of hydrogen-bond donors (Lipinski definition) is 0. The van der Waals surface area contributed by atoms with E-state index in [4.69, 9.17) is 11.6 Å². The quantitative estimate of drug-likeness (QED) is 0.224. The van der Waals surface area contributed by atoms with Gasteiger partial charge in [0.1, 0.15) is 0 Å². The van der Waals surface area contributed by atoms with Crippen LogP contribution in [0.1, 0.15) is 0 Å². The summed E-state index contributed by atoms with van der Waals surface area (Å²) in [6.07, 6.45) is 0. The van der Waals surface area contributed by atoms with Crippen molar-refractivity contribution in [3.63, 3.8) is 0 Å². The zero-order valence-electron chi connectivity index (χ0n) is 20.7. The SMILES string of the molecule is Clc1ccc(-c2cccc3c2c2ccccc2n3-c2cccc(-c3ccccc3)c2-c2ccccc2)cc1. The lowest BCUT2D eigenvalue weighted by molar-refractivity contribution is 1.18. The lowest BCUT2D eigenvalue weighted by atomic mass is 9.93. The maximum Gasteiger partial charge on any atom is 0.0547 e. The molecule has 0 radical (unpaired) electrons. The molecule has 0 aliphatic carbocycles. The number of nitrogens with zero attached hydrogens (tertiary/aromatic N) is 1. The number of hydrogen-bond acceptors (Lipinski definition) is 0. The van der Waals surface area contributed by atoms with Gasteiger partial charge in [0.15, 0.2) is 0 Å². The van der Waals surface area contributed by atoms with Gasteiger partial charge in [-0.3, -0.25) is 0 Å². The van der Waals surface area contributed by atoms with Gasteiger partial charge in [0.2, 0.25) is 0 Å². The van der Waals surface area contributed by atoms with Crippen molar-refractivity contribution in [2.75, 3.05) is 0 Å². The first-order valence-corrected chi connectivity index (χ1v) is 13.2. The third-order valence-electron chi connectivity index (χ3n) is 7.28. The predicted molar refractivity (Wildman–Crippen MR) is 162 cm³/mol. The van der Waals surface area contributed by atoms with Crippen LogP contribution in [0.2, 0.25) is 5.02 Å². The first-order chi connectivity index (χ1) is 18.8. The second-order valence-corrected chi connectivity index (χ2v) is 9.93. The lowest BCUT2D eigenvalue weighted by Gasteiger charge is -2.18. The van der Waals surface area contributed by atoms with Crippen LogP contribution in [-0.2, 0) is 0 Å². The molecule has 6 aromatic carbocycles. The van der Waals surface area contributed by atoms with Crippen LogP contribution < -0.4 is 0 Å². The molecule has 1 aromatic heterocycles. The van der Waals surface area contributed by atoms with Crippen LogP contribution in [0, 0.1) is 0 Å². The molecule has 0 aliphatic heterocycles. The molecule has 0 N–H and O–H groups in total. The Bertz CT molecular complexity index is 1900. The molecule has 0 saturated carbocycles. The van der Waals surface area contributed by atoms with Crippen LogP contribution in [-0.4, -0.2) is 4.57 Å². The van der Waals surface area contributed by atoms with Gasteiger partial charge in [0.25, 0.3) is 0 Å². The van der Waals surface area contributed by atoms with Crippen molar-refractivity contribution in [3.05, 3.63) is 151 Å². The van der Waals surface area contributed by atoms with Gasteiger partial charge in [-0.25, -0.2) is 0 Å². The number of benzene rings is 6. The molecule has 2 heteroatoms. The maximum atomic E-state index is 6.23. The summed E-state index contributed by atoms with van der Waals surface area (Å²) in [5.74, 6) is 0. The van der Waals surface area contributed by atoms with E-state index in [9.17, 15) is 0 Å². The molecule has 0 unspecified atom stereocenters. The highest BCUT2D eigenvalue weighted by atomic mass is 35.5. The van der Waals surface area contributed by atoms with Gasteiger partial charge >= 0.3 is 0 Å². The van der Waals surface area contributed by atoms with Gasteiger partial charge in [0.05, 0.1) is 16.7 Å². The largest absolute Gasteiger partial charge is 0.309 e. The van der Waals surface area contributed by atoms with Crippen LogP contribution in [0.4, 0.5) is 0 Å². The van der Waals surface area contributed by atoms with E-state index in [1.807, 2.05) is 12.1 Å². The highest BCUT2D eigenvalue weighted by Crippen LogP contribution is 2.43. The number of para-hydroxylation sites is 1. The van der Waals surface area contributed by atoms with Crippen LogP contribution in [0.3, 0.4) is 0 Å². The van der Waals surface area contributed by atoms with Crippen molar-refractivity contribution in [2.24, 2.45) is 0 Å². The Morgan fingerprint density at radius 1 is 0.421 bits per heavy atom. The molecule has 0 fully saturated rings. The van der Waals surface area contributed by atoms with E-state index in [-0.39, 0.29) is 0 Å². The van der Waals surface area contributed by atoms with Crippen molar-refractivity contribution in [1.82, 2.24) is 4.57 Å². The molecule has 0 aliphatic rings. The van der Waals surface area contributed by atoms with Crippen LogP contribution >= 0.6 is 11.6 Å². The molecular formula is C36H24ClN. The first-order valence-electron chi connectivity index (χ1n) is 12.8. The monoisotopic (exact) mass is 505 g/mol. The fourth-order valence-corrected chi connectivity index (χ4v) is 5.77. The van der Waals surface area contributed by atoms with Gasteiger partial charge in [0, 0.05) is 21.4 Å². The zero-order chi connectivity index (χ0) is 25.5. The molecule has 1 nitrogen and oxygen atoms in total. The summed E-state index contributed by atoms with van der Waals surface area (Å²) >= 11 is 6.23. The average Bonchev–Trinajstić information content (AvgIpc) is 3.33. The molecule has 0 amide bonds. The Kier molecular flexibility index (Phi) is 5.57. The van der Waals surface area contributed by atoms with Crippen molar-refractivity contribution in [1.29, 1.82) is 0 Å². The van der Waals surface area contributed by atoms with Gasteiger partial charge in [-0.1, -0.05) is 127 Å². The smallest absolute Gasteiger partial charge is 0.0547 e. The Labute approximate surface area is 227 Å². The number of rotatable bonds is 4. The van der Waals surface area contributed by atoms with Crippen LogP contribution in [0.5, 0.6) is 0 Å². The summed E-state index contributed by atoms with van der Waals surface area (Å²) < 4.78 is 2.43. The highest BCUT2D eigenvalue weighted by molar-refractivity contribution is 6.30. The number of fused-ring (bicyclic) bond motifs is 3. The fraction of sp³-hybridized carbons (Fsp3) is 0. The Hall–Kier alpha value is -4.59. The summed E-state index contributed by atoms with van der Waals surface area (Å²) in [5.41, 5.74) is 10.7. The normalized spacial score (nSPS) is 11.3. The third kappa shape index (κ3) is 3.72. The van der Waals surface area contributed by atoms with Crippen LogP contribution in [0.25, 0.3) is 60.9 Å². The van der Waals surface area contributed by atoms with Crippen LogP contribution in [0.15, 0.2) is 146 Å². The predicted octanol–water partition coefficient (Wildman–Crippen LogP) is 10.4. The first kappa shape index (κ1) is 22.6. The lowest BCUT2D eigenvalue weighted by Crippen LogP contribution is -1.99. The molecular weight excluding hydrogens is 482 g/mol.